The van der Waals surface area contributed by atoms with Gasteiger partial charge in [-0.1, -0.05) is 30.3 Å². The Balaban J connectivity index is 1.24. The summed E-state index contributed by atoms with van der Waals surface area (Å²) in [6.07, 6.45) is 4.21. The third kappa shape index (κ3) is 3.40. The summed E-state index contributed by atoms with van der Waals surface area (Å²) < 4.78 is 0. The van der Waals surface area contributed by atoms with E-state index in [1.165, 1.54) is 16.5 Å². The zero-order valence-electron chi connectivity index (χ0n) is 16.2. The fourth-order valence-corrected chi connectivity index (χ4v) is 4.57. The van der Waals surface area contributed by atoms with Gasteiger partial charge in [-0.2, -0.15) is 0 Å². The lowest BCUT2D eigenvalue weighted by Crippen LogP contribution is -2.47. The molecular weight excluding hydrogens is 364 g/mol. The number of para-hydroxylation sites is 3. The number of rotatable bonds is 3. The van der Waals surface area contributed by atoms with Crippen molar-refractivity contribution >= 4 is 34.1 Å². The van der Waals surface area contributed by atoms with E-state index in [4.69, 9.17) is 0 Å². The van der Waals surface area contributed by atoms with Crippen LogP contribution in [0.25, 0.3) is 10.9 Å². The lowest BCUT2D eigenvalue weighted by Gasteiger charge is -2.34. The van der Waals surface area contributed by atoms with Gasteiger partial charge in [-0.15, -0.1) is 0 Å². The maximum atomic E-state index is 13.0. The highest BCUT2D eigenvalue weighted by Crippen LogP contribution is 2.33. The van der Waals surface area contributed by atoms with Crippen molar-refractivity contribution in [1.29, 1.82) is 0 Å². The second-order valence-corrected chi connectivity index (χ2v) is 7.89. The number of nitrogens with one attached hydrogen (secondary N) is 2. The zero-order valence-corrected chi connectivity index (χ0v) is 16.2. The maximum Gasteiger partial charge on any atom is 0.244 e. The van der Waals surface area contributed by atoms with Crippen molar-refractivity contribution < 1.29 is 9.59 Å². The topological polar surface area (TPSA) is 68.4 Å². The molecule has 2 amide bonds. The number of carbonyl (C=O) groups excluding carboxylic acids is 2. The average Bonchev–Trinajstić information content (AvgIpc) is 3.18. The highest BCUT2D eigenvalue weighted by molar-refractivity contribution is 6.10. The fraction of sp³-hybridized carbons (Fsp3) is 0.304. The first kappa shape index (κ1) is 17.9. The number of H-pyrrole nitrogens is 1. The van der Waals surface area contributed by atoms with Gasteiger partial charge in [0.1, 0.15) is 6.54 Å². The molecule has 0 atom stereocenters. The molecule has 0 radical (unpaired) electrons. The molecule has 2 aliphatic heterocycles. The summed E-state index contributed by atoms with van der Waals surface area (Å²) in [7, 11) is 0. The van der Waals surface area contributed by atoms with Crippen LogP contribution in [0.2, 0.25) is 0 Å². The summed E-state index contributed by atoms with van der Waals surface area (Å²) in [5.41, 5.74) is 4.05. The number of fused-ring (bicyclic) bond motifs is 2. The Morgan fingerprint density at radius 3 is 2.66 bits per heavy atom. The van der Waals surface area contributed by atoms with Gasteiger partial charge in [0.15, 0.2) is 0 Å². The van der Waals surface area contributed by atoms with Gasteiger partial charge in [0, 0.05) is 17.1 Å². The van der Waals surface area contributed by atoms with Gasteiger partial charge in [0.2, 0.25) is 11.8 Å². The molecule has 2 aliphatic rings. The number of piperidine rings is 1. The Bertz CT molecular complexity index is 1070. The van der Waals surface area contributed by atoms with Gasteiger partial charge in [-0.25, -0.2) is 0 Å². The smallest absolute Gasteiger partial charge is 0.244 e. The molecule has 6 heteroatoms. The summed E-state index contributed by atoms with van der Waals surface area (Å²) in [4.78, 5) is 32.1. The van der Waals surface area contributed by atoms with Gasteiger partial charge in [0.05, 0.1) is 17.9 Å². The Labute approximate surface area is 169 Å². The van der Waals surface area contributed by atoms with E-state index in [1.54, 1.807) is 4.90 Å². The molecule has 0 bridgehead atoms. The molecule has 3 heterocycles. The average molecular weight is 388 g/mol. The molecule has 0 spiro atoms. The Kier molecular flexibility index (Phi) is 4.56. The Hall–Kier alpha value is -3.12. The number of benzene rings is 2. The van der Waals surface area contributed by atoms with Gasteiger partial charge < -0.3 is 10.3 Å². The van der Waals surface area contributed by atoms with E-state index in [2.05, 4.69) is 45.7 Å². The molecule has 3 aromatic rings. The number of nitrogens with zero attached hydrogens (tertiary/aromatic N) is 2. The number of likely N-dealkylation sites (tertiary alicyclic amines) is 1. The van der Waals surface area contributed by atoms with Crippen LogP contribution >= 0.6 is 0 Å². The van der Waals surface area contributed by atoms with Gasteiger partial charge >= 0.3 is 0 Å². The standard InChI is InChI=1S/C23H24N4O2/c28-22-14-27(21-8-4-3-7-20(21)25-22)23(29)15-26-11-9-16(10-12-26)18-13-24-19-6-2-1-5-17(18)19/h1-8,13,16,24H,9-12,14-15H2,(H,25,28). The van der Waals surface area contributed by atoms with E-state index in [1.807, 2.05) is 24.3 Å². The van der Waals surface area contributed by atoms with Crippen molar-refractivity contribution in [2.24, 2.45) is 0 Å². The normalized spacial score (nSPS) is 17.9. The minimum atomic E-state index is -0.143. The number of amides is 2. The van der Waals surface area contributed by atoms with Crippen LogP contribution in [-0.2, 0) is 9.59 Å². The van der Waals surface area contributed by atoms with Gasteiger partial charge in [0.25, 0.3) is 0 Å². The summed E-state index contributed by atoms with van der Waals surface area (Å²) in [6, 6.07) is 15.9. The highest BCUT2D eigenvalue weighted by Gasteiger charge is 2.29. The number of anilines is 2. The van der Waals surface area contributed by atoms with Crippen LogP contribution in [0.1, 0.15) is 24.3 Å². The molecule has 2 aromatic carbocycles. The van der Waals surface area contributed by atoms with Crippen LogP contribution in [0.15, 0.2) is 54.7 Å². The number of aromatic nitrogens is 1. The molecule has 1 aromatic heterocycles. The molecule has 1 fully saturated rings. The molecule has 6 nitrogen and oxygen atoms in total. The summed E-state index contributed by atoms with van der Waals surface area (Å²) in [6.45, 7) is 2.21. The van der Waals surface area contributed by atoms with Crippen molar-refractivity contribution in [3.63, 3.8) is 0 Å². The second kappa shape index (κ2) is 7.37. The van der Waals surface area contributed by atoms with E-state index in [9.17, 15) is 9.59 Å². The molecule has 0 saturated carbocycles. The minimum Gasteiger partial charge on any atom is -0.361 e. The predicted octanol–water partition coefficient (Wildman–Crippen LogP) is 3.33. The lowest BCUT2D eigenvalue weighted by molar-refractivity contribution is -0.122. The van der Waals surface area contributed by atoms with Gasteiger partial charge in [-0.05, 0) is 55.6 Å². The van der Waals surface area contributed by atoms with Crippen molar-refractivity contribution in [3.8, 4) is 0 Å². The van der Waals surface area contributed by atoms with Crippen molar-refractivity contribution in [1.82, 2.24) is 9.88 Å². The Morgan fingerprint density at radius 2 is 1.79 bits per heavy atom. The van der Waals surface area contributed by atoms with E-state index in [0.717, 1.165) is 31.6 Å². The van der Waals surface area contributed by atoms with Crippen molar-refractivity contribution in [2.45, 2.75) is 18.8 Å². The number of aromatic amines is 1. The number of hydrogen-bond acceptors (Lipinski definition) is 3. The van der Waals surface area contributed by atoms with Crippen LogP contribution in [0, 0.1) is 0 Å². The number of carbonyl (C=O) groups is 2. The predicted molar refractivity (Wildman–Crippen MR) is 114 cm³/mol. The summed E-state index contributed by atoms with van der Waals surface area (Å²) >= 11 is 0. The molecule has 1 saturated heterocycles. The van der Waals surface area contributed by atoms with Crippen LogP contribution in [0.5, 0.6) is 0 Å². The molecule has 0 aliphatic carbocycles. The van der Waals surface area contributed by atoms with Crippen LogP contribution < -0.4 is 10.2 Å². The fourth-order valence-electron chi connectivity index (χ4n) is 4.57. The first-order valence-corrected chi connectivity index (χ1v) is 10.2. The molecule has 2 N–H and O–H groups in total. The molecule has 148 valence electrons. The summed E-state index contributed by atoms with van der Waals surface area (Å²) in [5, 5.41) is 4.14. The quantitative estimate of drug-likeness (QED) is 0.723. The van der Waals surface area contributed by atoms with E-state index >= 15 is 0 Å². The van der Waals surface area contributed by atoms with Crippen LogP contribution in [0.3, 0.4) is 0 Å². The van der Waals surface area contributed by atoms with E-state index in [0.29, 0.717) is 18.2 Å². The second-order valence-electron chi connectivity index (χ2n) is 7.89. The van der Waals surface area contributed by atoms with Crippen LogP contribution in [-0.4, -0.2) is 47.9 Å². The van der Waals surface area contributed by atoms with Crippen molar-refractivity contribution in [2.75, 3.05) is 36.4 Å². The molecule has 29 heavy (non-hydrogen) atoms. The molecule has 5 rings (SSSR count). The van der Waals surface area contributed by atoms with Crippen molar-refractivity contribution in [3.05, 3.63) is 60.3 Å². The number of hydrogen-bond donors (Lipinski definition) is 2. The van der Waals surface area contributed by atoms with Crippen LogP contribution in [0.4, 0.5) is 11.4 Å². The third-order valence-electron chi connectivity index (χ3n) is 6.08. The largest absolute Gasteiger partial charge is 0.361 e. The lowest BCUT2D eigenvalue weighted by atomic mass is 9.89. The SMILES string of the molecule is O=C1CN(C(=O)CN2CCC(c3c[nH]c4ccccc34)CC2)c2ccccc2N1. The highest BCUT2D eigenvalue weighted by atomic mass is 16.2. The maximum absolute atomic E-state index is 13.0. The minimum absolute atomic E-state index is 0.0159. The first-order chi connectivity index (χ1) is 14.2. The third-order valence-corrected chi connectivity index (χ3v) is 6.08. The Morgan fingerprint density at radius 1 is 1.03 bits per heavy atom. The monoisotopic (exact) mass is 388 g/mol. The molecule has 0 unspecified atom stereocenters. The van der Waals surface area contributed by atoms with E-state index < -0.39 is 0 Å². The van der Waals surface area contributed by atoms with E-state index in [-0.39, 0.29) is 18.4 Å². The molecular formula is C23H24N4O2. The van der Waals surface area contributed by atoms with Gasteiger partial charge in [-0.3, -0.25) is 19.4 Å². The first-order valence-electron chi connectivity index (χ1n) is 10.2. The summed E-state index contributed by atoms with van der Waals surface area (Å²) in [5.74, 6) is 0.354. The zero-order chi connectivity index (χ0) is 19.8.